The molecule has 2 heterocycles. The Morgan fingerprint density at radius 3 is 1.71 bits per heavy atom. The number of aryl methyl sites for hydroxylation is 2. The molecule has 0 aliphatic rings. The lowest BCUT2D eigenvalue weighted by Gasteiger charge is -2.05. The predicted octanol–water partition coefficient (Wildman–Crippen LogP) is 3.19. The zero-order valence-corrected chi connectivity index (χ0v) is 10.5. The van der Waals surface area contributed by atoms with Crippen LogP contribution in [0.15, 0.2) is 36.7 Å². The minimum atomic E-state index is 0.963. The molecule has 88 valence electrons. The van der Waals surface area contributed by atoms with Crippen LogP contribution in [0.25, 0.3) is 0 Å². The summed E-state index contributed by atoms with van der Waals surface area (Å²) in [6, 6.07) is 8.55. The topological polar surface area (TPSA) is 25.8 Å². The van der Waals surface area contributed by atoms with E-state index in [4.69, 9.17) is 0 Å². The van der Waals surface area contributed by atoms with Gasteiger partial charge in [0.15, 0.2) is 0 Å². The van der Waals surface area contributed by atoms with Crippen LogP contribution in [0, 0.1) is 0 Å². The van der Waals surface area contributed by atoms with Crippen LogP contribution in [-0.4, -0.2) is 9.97 Å². The Balaban J connectivity index is 2.18. The maximum absolute atomic E-state index is 4.32. The van der Waals surface area contributed by atoms with Gasteiger partial charge in [-0.2, -0.15) is 0 Å². The molecule has 0 unspecified atom stereocenters. The van der Waals surface area contributed by atoms with E-state index >= 15 is 0 Å². The van der Waals surface area contributed by atoms with Crippen LogP contribution >= 0.6 is 0 Å². The number of hydrogen-bond donors (Lipinski definition) is 0. The second-order valence-electron chi connectivity index (χ2n) is 4.19. The first kappa shape index (κ1) is 11.8. The molecule has 0 amide bonds. The Kier molecular flexibility index (Phi) is 3.86. The molecule has 2 aromatic rings. The predicted molar refractivity (Wildman–Crippen MR) is 70.0 cm³/mol. The van der Waals surface area contributed by atoms with E-state index in [9.17, 15) is 0 Å². The van der Waals surface area contributed by atoms with Crippen molar-refractivity contribution in [2.24, 2.45) is 0 Å². The fourth-order valence-corrected chi connectivity index (χ4v) is 1.90. The van der Waals surface area contributed by atoms with E-state index in [1.54, 1.807) is 0 Å². The minimum Gasteiger partial charge on any atom is -0.261 e. The summed E-state index contributed by atoms with van der Waals surface area (Å²) in [7, 11) is 0. The van der Waals surface area contributed by atoms with Crippen molar-refractivity contribution in [3.8, 4) is 0 Å². The highest BCUT2D eigenvalue weighted by molar-refractivity contribution is 5.26. The second-order valence-corrected chi connectivity index (χ2v) is 4.19. The van der Waals surface area contributed by atoms with E-state index in [2.05, 4.69) is 48.1 Å². The molecule has 2 heteroatoms. The SMILES string of the molecule is CCc1cc(Cc2ccnc(CC)c2)ccn1. The molecule has 0 radical (unpaired) electrons. The molecule has 2 rings (SSSR count). The van der Waals surface area contributed by atoms with Gasteiger partial charge in [-0.25, -0.2) is 0 Å². The highest BCUT2D eigenvalue weighted by Gasteiger charge is 2.00. The maximum atomic E-state index is 4.32. The molecule has 0 aromatic carbocycles. The second kappa shape index (κ2) is 5.58. The lowest BCUT2D eigenvalue weighted by molar-refractivity contribution is 0.997. The van der Waals surface area contributed by atoms with Crippen molar-refractivity contribution in [1.29, 1.82) is 0 Å². The molecule has 0 saturated carbocycles. The molecule has 0 fully saturated rings. The van der Waals surface area contributed by atoms with Crippen LogP contribution < -0.4 is 0 Å². The first-order valence-electron chi connectivity index (χ1n) is 6.19. The van der Waals surface area contributed by atoms with Gasteiger partial charge in [0.05, 0.1) is 0 Å². The van der Waals surface area contributed by atoms with Crippen LogP contribution in [0.1, 0.15) is 36.4 Å². The monoisotopic (exact) mass is 226 g/mol. The molecular formula is C15H18N2. The van der Waals surface area contributed by atoms with Crippen molar-refractivity contribution in [1.82, 2.24) is 9.97 Å². The molecule has 0 bridgehead atoms. The Morgan fingerprint density at radius 1 is 0.824 bits per heavy atom. The van der Waals surface area contributed by atoms with E-state index in [1.165, 1.54) is 11.1 Å². The van der Waals surface area contributed by atoms with Crippen LogP contribution in [0.2, 0.25) is 0 Å². The molecular weight excluding hydrogens is 208 g/mol. The van der Waals surface area contributed by atoms with Gasteiger partial charge in [-0.15, -0.1) is 0 Å². The third-order valence-corrected chi connectivity index (χ3v) is 2.89. The number of rotatable bonds is 4. The number of pyridine rings is 2. The number of aromatic nitrogens is 2. The summed E-state index contributed by atoms with van der Waals surface area (Å²) in [5, 5.41) is 0. The quantitative estimate of drug-likeness (QED) is 0.800. The van der Waals surface area contributed by atoms with E-state index in [1.807, 2.05) is 12.4 Å². The van der Waals surface area contributed by atoms with Crippen LogP contribution in [0.3, 0.4) is 0 Å². The molecule has 0 aliphatic heterocycles. The summed E-state index contributed by atoms with van der Waals surface area (Å²) in [4.78, 5) is 8.64. The van der Waals surface area contributed by atoms with E-state index < -0.39 is 0 Å². The zero-order valence-electron chi connectivity index (χ0n) is 10.5. The van der Waals surface area contributed by atoms with Crippen molar-refractivity contribution < 1.29 is 0 Å². The Labute approximate surface area is 103 Å². The minimum absolute atomic E-state index is 0.963. The number of hydrogen-bond acceptors (Lipinski definition) is 2. The number of nitrogens with zero attached hydrogens (tertiary/aromatic N) is 2. The van der Waals surface area contributed by atoms with Gasteiger partial charge in [-0.1, -0.05) is 13.8 Å². The highest BCUT2D eigenvalue weighted by Crippen LogP contribution is 2.11. The fourth-order valence-electron chi connectivity index (χ4n) is 1.90. The normalized spacial score (nSPS) is 10.5. The summed E-state index contributed by atoms with van der Waals surface area (Å²) in [6.07, 6.45) is 6.74. The molecule has 0 saturated heterocycles. The van der Waals surface area contributed by atoms with Gasteiger partial charge in [0, 0.05) is 23.8 Å². The summed E-state index contributed by atoms with van der Waals surface area (Å²) in [5.74, 6) is 0. The summed E-state index contributed by atoms with van der Waals surface area (Å²) < 4.78 is 0. The average molecular weight is 226 g/mol. The zero-order chi connectivity index (χ0) is 12.1. The average Bonchev–Trinajstić information content (AvgIpc) is 2.39. The van der Waals surface area contributed by atoms with Gasteiger partial charge in [0.2, 0.25) is 0 Å². The first-order valence-corrected chi connectivity index (χ1v) is 6.19. The van der Waals surface area contributed by atoms with Gasteiger partial charge in [-0.3, -0.25) is 9.97 Å². The van der Waals surface area contributed by atoms with E-state index in [0.29, 0.717) is 0 Å². The Morgan fingerprint density at radius 2 is 1.29 bits per heavy atom. The smallest absolute Gasteiger partial charge is 0.0403 e. The van der Waals surface area contributed by atoms with Crippen LogP contribution in [0.5, 0.6) is 0 Å². The van der Waals surface area contributed by atoms with Crippen molar-refractivity contribution in [3.05, 3.63) is 59.2 Å². The molecule has 0 aliphatic carbocycles. The summed E-state index contributed by atoms with van der Waals surface area (Å²) >= 11 is 0. The third kappa shape index (κ3) is 3.13. The summed E-state index contributed by atoms with van der Waals surface area (Å²) in [5.41, 5.74) is 4.97. The standard InChI is InChI=1S/C15H18N2/c1-3-14-10-12(5-7-16-14)9-13-6-8-17-15(4-2)11-13/h5-8,10-11H,3-4,9H2,1-2H3. The largest absolute Gasteiger partial charge is 0.261 e. The Bertz CT molecular complexity index is 446. The van der Waals surface area contributed by atoms with Crippen molar-refractivity contribution in [2.45, 2.75) is 33.1 Å². The molecule has 0 spiro atoms. The molecule has 17 heavy (non-hydrogen) atoms. The van der Waals surface area contributed by atoms with Gasteiger partial charge < -0.3 is 0 Å². The van der Waals surface area contributed by atoms with Gasteiger partial charge in [-0.05, 0) is 54.7 Å². The third-order valence-electron chi connectivity index (χ3n) is 2.89. The molecule has 0 N–H and O–H groups in total. The molecule has 2 nitrogen and oxygen atoms in total. The van der Waals surface area contributed by atoms with E-state index in [-0.39, 0.29) is 0 Å². The van der Waals surface area contributed by atoms with E-state index in [0.717, 1.165) is 30.7 Å². The van der Waals surface area contributed by atoms with Crippen molar-refractivity contribution in [2.75, 3.05) is 0 Å². The molecule has 2 aromatic heterocycles. The summed E-state index contributed by atoms with van der Waals surface area (Å²) in [6.45, 7) is 4.27. The highest BCUT2D eigenvalue weighted by atomic mass is 14.7. The molecule has 0 atom stereocenters. The van der Waals surface area contributed by atoms with Crippen LogP contribution in [-0.2, 0) is 19.3 Å². The first-order chi connectivity index (χ1) is 8.31. The lowest BCUT2D eigenvalue weighted by atomic mass is 10.0. The van der Waals surface area contributed by atoms with Crippen LogP contribution in [0.4, 0.5) is 0 Å². The Hall–Kier alpha value is -1.70. The maximum Gasteiger partial charge on any atom is 0.0403 e. The van der Waals surface area contributed by atoms with Gasteiger partial charge in [0.25, 0.3) is 0 Å². The van der Waals surface area contributed by atoms with Gasteiger partial charge in [0.1, 0.15) is 0 Å². The van der Waals surface area contributed by atoms with Crippen molar-refractivity contribution >= 4 is 0 Å². The lowest BCUT2D eigenvalue weighted by Crippen LogP contribution is -1.95. The van der Waals surface area contributed by atoms with Crippen molar-refractivity contribution in [3.63, 3.8) is 0 Å². The fraction of sp³-hybridized carbons (Fsp3) is 0.333. The van der Waals surface area contributed by atoms with Gasteiger partial charge >= 0.3 is 0 Å².